The van der Waals surface area contributed by atoms with Crippen molar-refractivity contribution in [3.8, 4) is 0 Å². The number of rotatable bonds is 3. The van der Waals surface area contributed by atoms with Crippen molar-refractivity contribution in [3.63, 3.8) is 0 Å². The van der Waals surface area contributed by atoms with Gasteiger partial charge >= 0.3 is 0 Å². The van der Waals surface area contributed by atoms with Gasteiger partial charge in [0, 0.05) is 20.1 Å². The van der Waals surface area contributed by atoms with Crippen molar-refractivity contribution in [2.24, 2.45) is 11.7 Å². The van der Waals surface area contributed by atoms with Crippen LogP contribution in [0.3, 0.4) is 0 Å². The Morgan fingerprint density at radius 2 is 2.43 bits per heavy atom. The summed E-state index contributed by atoms with van der Waals surface area (Å²) in [5.41, 5.74) is 5.67. The summed E-state index contributed by atoms with van der Waals surface area (Å²) in [6.07, 6.45) is 2.11. The number of aromatic nitrogens is 3. The predicted octanol–water partition coefficient (Wildman–Crippen LogP) is -0.0544. The highest BCUT2D eigenvalue weighted by molar-refractivity contribution is 4.99. The van der Waals surface area contributed by atoms with E-state index in [-0.39, 0.29) is 0 Å². The minimum Gasteiger partial charge on any atom is -0.377 e. The number of hydrogen-bond donors (Lipinski definition) is 1. The van der Waals surface area contributed by atoms with E-state index in [1.165, 1.54) is 0 Å². The Morgan fingerprint density at radius 1 is 1.57 bits per heavy atom. The van der Waals surface area contributed by atoms with E-state index in [2.05, 4.69) is 14.8 Å². The molecule has 5 nitrogen and oxygen atoms in total. The molecule has 1 aliphatic rings. The average Bonchev–Trinajstić information content (AvgIpc) is 2.61. The van der Waals surface area contributed by atoms with E-state index in [0.29, 0.717) is 12.5 Å². The SMILES string of the molecule is COCc1nnc2n1CC(CN)CC2. The van der Waals surface area contributed by atoms with Gasteiger partial charge in [0.2, 0.25) is 0 Å². The molecule has 1 aromatic heterocycles. The van der Waals surface area contributed by atoms with Crippen molar-refractivity contribution in [3.05, 3.63) is 11.6 Å². The van der Waals surface area contributed by atoms with E-state index in [9.17, 15) is 0 Å². The monoisotopic (exact) mass is 196 g/mol. The van der Waals surface area contributed by atoms with Crippen molar-refractivity contribution in [2.45, 2.75) is 26.0 Å². The highest BCUT2D eigenvalue weighted by atomic mass is 16.5. The zero-order valence-electron chi connectivity index (χ0n) is 8.44. The topological polar surface area (TPSA) is 66.0 Å². The zero-order chi connectivity index (χ0) is 9.97. The summed E-state index contributed by atoms with van der Waals surface area (Å²) in [4.78, 5) is 0. The van der Waals surface area contributed by atoms with Crippen LogP contribution in [0.25, 0.3) is 0 Å². The lowest BCUT2D eigenvalue weighted by atomic mass is 10.00. The normalized spacial score (nSPS) is 20.9. The third-order valence-electron chi connectivity index (χ3n) is 2.73. The van der Waals surface area contributed by atoms with Gasteiger partial charge in [-0.15, -0.1) is 10.2 Å². The Labute approximate surface area is 83.3 Å². The Kier molecular flexibility index (Phi) is 2.79. The first-order valence-electron chi connectivity index (χ1n) is 4.95. The predicted molar refractivity (Wildman–Crippen MR) is 51.6 cm³/mol. The molecule has 2 rings (SSSR count). The molecule has 0 fully saturated rings. The van der Waals surface area contributed by atoms with Gasteiger partial charge in [-0.3, -0.25) is 0 Å². The summed E-state index contributed by atoms with van der Waals surface area (Å²) >= 11 is 0. The van der Waals surface area contributed by atoms with Gasteiger partial charge in [0.15, 0.2) is 5.82 Å². The van der Waals surface area contributed by atoms with Crippen molar-refractivity contribution in [2.75, 3.05) is 13.7 Å². The van der Waals surface area contributed by atoms with Crippen LogP contribution in [0, 0.1) is 5.92 Å². The van der Waals surface area contributed by atoms with Crippen molar-refractivity contribution < 1.29 is 4.74 Å². The van der Waals surface area contributed by atoms with Gasteiger partial charge in [-0.05, 0) is 18.9 Å². The lowest BCUT2D eigenvalue weighted by Crippen LogP contribution is -2.27. The number of hydrogen-bond acceptors (Lipinski definition) is 4. The summed E-state index contributed by atoms with van der Waals surface area (Å²) in [6, 6.07) is 0. The second-order valence-electron chi connectivity index (χ2n) is 3.72. The summed E-state index contributed by atoms with van der Waals surface area (Å²) in [5.74, 6) is 2.55. The molecular weight excluding hydrogens is 180 g/mol. The highest BCUT2D eigenvalue weighted by Gasteiger charge is 2.21. The molecule has 0 saturated heterocycles. The fourth-order valence-electron chi connectivity index (χ4n) is 1.88. The van der Waals surface area contributed by atoms with Crippen LogP contribution in [0.1, 0.15) is 18.1 Å². The third kappa shape index (κ3) is 1.65. The van der Waals surface area contributed by atoms with Gasteiger partial charge in [-0.1, -0.05) is 0 Å². The molecule has 5 heteroatoms. The number of nitrogens with zero attached hydrogens (tertiary/aromatic N) is 3. The van der Waals surface area contributed by atoms with Crippen LogP contribution in [0.5, 0.6) is 0 Å². The van der Waals surface area contributed by atoms with Gasteiger partial charge in [0.05, 0.1) is 0 Å². The van der Waals surface area contributed by atoms with E-state index in [4.69, 9.17) is 10.5 Å². The zero-order valence-corrected chi connectivity index (χ0v) is 8.44. The maximum Gasteiger partial charge on any atom is 0.159 e. The molecule has 0 spiro atoms. The summed E-state index contributed by atoms with van der Waals surface area (Å²) in [6.45, 7) is 2.21. The van der Waals surface area contributed by atoms with Crippen molar-refractivity contribution >= 4 is 0 Å². The van der Waals surface area contributed by atoms with Crippen LogP contribution in [0.15, 0.2) is 0 Å². The first-order valence-corrected chi connectivity index (χ1v) is 4.95. The average molecular weight is 196 g/mol. The summed E-state index contributed by atoms with van der Waals surface area (Å²) in [5, 5.41) is 8.24. The molecule has 1 atom stereocenters. The molecule has 0 bridgehead atoms. The maximum atomic E-state index is 5.67. The smallest absolute Gasteiger partial charge is 0.159 e. The number of nitrogens with two attached hydrogens (primary N) is 1. The molecular formula is C9H16N4O. The quantitative estimate of drug-likeness (QED) is 0.735. The van der Waals surface area contributed by atoms with Crippen LogP contribution in [-0.2, 0) is 24.3 Å². The van der Waals surface area contributed by atoms with Crippen molar-refractivity contribution in [1.29, 1.82) is 0 Å². The first kappa shape index (κ1) is 9.61. The Balaban J connectivity index is 2.19. The largest absolute Gasteiger partial charge is 0.377 e. The van der Waals surface area contributed by atoms with Gasteiger partial charge in [0.25, 0.3) is 0 Å². The van der Waals surface area contributed by atoms with Crippen molar-refractivity contribution in [1.82, 2.24) is 14.8 Å². The molecule has 2 N–H and O–H groups in total. The molecule has 0 aromatic carbocycles. The summed E-state index contributed by atoms with van der Waals surface area (Å²) < 4.78 is 7.21. The van der Waals surface area contributed by atoms with Crippen LogP contribution in [0.4, 0.5) is 0 Å². The lowest BCUT2D eigenvalue weighted by Gasteiger charge is -2.22. The first-order chi connectivity index (χ1) is 6.85. The third-order valence-corrected chi connectivity index (χ3v) is 2.73. The number of methoxy groups -OCH3 is 1. The van der Waals surface area contributed by atoms with Gasteiger partial charge in [0.1, 0.15) is 12.4 Å². The Morgan fingerprint density at radius 3 is 3.14 bits per heavy atom. The molecule has 1 unspecified atom stereocenters. The second-order valence-corrected chi connectivity index (χ2v) is 3.72. The van der Waals surface area contributed by atoms with E-state index in [0.717, 1.165) is 37.6 Å². The lowest BCUT2D eigenvalue weighted by molar-refractivity contribution is 0.171. The number of aryl methyl sites for hydroxylation is 1. The Bertz CT molecular complexity index is 310. The molecule has 1 aliphatic heterocycles. The van der Waals surface area contributed by atoms with E-state index >= 15 is 0 Å². The van der Waals surface area contributed by atoms with Crippen LogP contribution in [0.2, 0.25) is 0 Å². The van der Waals surface area contributed by atoms with Gasteiger partial charge in [-0.2, -0.15) is 0 Å². The Hall–Kier alpha value is -0.940. The molecule has 1 aromatic rings. The standard InChI is InChI=1S/C9H16N4O/c1-14-6-9-12-11-8-3-2-7(4-10)5-13(8)9/h7H,2-6,10H2,1H3. The molecule has 0 aliphatic carbocycles. The maximum absolute atomic E-state index is 5.67. The minimum atomic E-state index is 0.532. The van der Waals surface area contributed by atoms with Crippen LogP contribution in [-0.4, -0.2) is 28.4 Å². The van der Waals surface area contributed by atoms with Gasteiger partial charge < -0.3 is 15.0 Å². The molecule has 0 saturated carbocycles. The highest BCUT2D eigenvalue weighted by Crippen LogP contribution is 2.19. The second kappa shape index (κ2) is 4.06. The fraction of sp³-hybridized carbons (Fsp3) is 0.778. The van der Waals surface area contributed by atoms with Crippen LogP contribution < -0.4 is 5.73 Å². The minimum absolute atomic E-state index is 0.532. The molecule has 2 heterocycles. The van der Waals surface area contributed by atoms with E-state index in [1.54, 1.807) is 7.11 Å². The van der Waals surface area contributed by atoms with Crippen LogP contribution >= 0.6 is 0 Å². The number of fused-ring (bicyclic) bond motifs is 1. The molecule has 0 radical (unpaired) electrons. The fourth-order valence-corrected chi connectivity index (χ4v) is 1.88. The van der Waals surface area contributed by atoms with E-state index < -0.39 is 0 Å². The molecule has 0 amide bonds. The summed E-state index contributed by atoms with van der Waals surface area (Å²) in [7, 11) is 1.67. The van der Waals surface area contributed by atoms with E-state index in [1.807, 2.05) is 0 Å². The molecule has 14 heavy (non-hydrogen) atoms. The molecule has 78 valence electrons. The van der Waals surface area contributed by atoms with Gasteiger partial charge in [-0.25, -0.2) is 0 Å². The number of ether oxygens (including phenoxy) is 1.